The number of aliphatic carboxylic acids is 1. The zero-order valence-electron chi connectivity index (χ0n) is 8.54. The smallest absolute Gasteiger partial charge is 0.351 e. The van der Waals surface area contributed by atoms with Crippen molar-refractivity contribution in [2.45, 2.75) is 4.90 Å². The number of benzene rings is 1. The highest BCUT2D eigenvalue weighted by Crippen LogP contribution is 2.11. The van der Waals surface area contributed by atoms with Crippen LogP contribution in [0, 0.1) is 0 Å². The Morgan fingerprint density at radius 3 is 2.19 bits per heavy atom. The second kappa shape index (κ2) is 4.36. The summed E-state index contributed by atoms with van der Waals surface area (Å²) in [7, 11) is -3.23. The summed E-state index contributed by atoms with van der Waals surface area (Å²) in [6.45, 7) is 0. The Balaban J connectivity index is 3.06. The van der Waals surface area contributed by atoms with Crippen LogP contribution >= 0.6 is 0 Å². The van der Waals surface area contributed by atoms with Crippen LogP contribution in [0.5, 0.6) is 0 Å². The maximum atomic E-state index is 11.1. The predicted octanol–water partition coefficient (Wildman–Crippen LogP) is 0.474. The van der Waals surface area contributed by atoms with E-state index < -0.39 is 15.8 Å². The Morgan fingerprint density at radius 1 is 1.31 bits per heavy atom. The van der Waals surface area contributed by atoms with Crippen LogP contribution in [-0.4, -0.2) is 25.7 Å². The lowest BCUT2D eigenvalue weighted by Gasteiger charge is -1.99. The summed E-state index contributed by atoms with van der Waals surface area (Å²) in [6, 6.07) is 5.78. The first-order chi connectivity index (χ1) is 7.30. The Labute approximate surface area is 93.1 Å². The summed E-state index contributed by atoms with van der Waals surface area (Å²) in [6.07, 6.45) is 2.36. The molecule has 0 heterocycles. The summed E-state index contributed by atoms with van der Waals surface area (Å²) in [5.41, 5.74) is 5.45. The van der Waals surface area contributed by atoms with Crippen LogP contribution in [0.3, 0.4) is 0 Å². The summed E-state index contributed by atoms with van der Waals surface area (Å²) < 4.78 is 22.3. The molecule has 0 saturated heterocycles. The van der Waals surface area contributed by atoms with Gasteiger partial charge >= 0.3 is 5.97 Å². The highest BCUT2D eigenvalue weighted by atomic mass is 32.2. The molecule has 0 aliphatic rings. The average Bonchev–Trinajstić information content (AvgIpc) is 2.17. The first-order valence-corrected chi connectivity index (χ1v) is 6.20. The van der Waals surface area contributed by atoms with Crippen molar-refractivity contribution in [3.8, 4) is 0 Å². The van der Waals surface area contributed by atoms with Crippen LogP contribution < -0.4 is 5.73 Å². The largest absolute Gasteiger partial charge is 0.477 e. The summed E-state index contributed by atoms with van der Waals surface area (Å²) in [5.74, 6) is -1.22. The van der Waals surface area contributed by atoms with E-state index in [1.165, 1.54) is 30.3 Å². The van der Waals surface area contributed by atoms with Crippen LogP contribution in [0.25, 0.3) is 6.08 Å². The van der Waals surface area contributed by atoms with Crippen molar-refractivity contribution in [3.63, 3.8) is 0 Å². The molecule has 1 aromatic rings. The van der Waals surface area contributed by atoms with Gasteiger partial charge in [-0.15, -0.1) is 0 Å². The molecule has 0 radical (unpaired) electrons. The van der Waals surface area contributed by atoms with Crippen LogP contribution in [0.4, 0.5) is 0 Å². The highest BCUT2D eigenvalue weighted by molar-refractivity contribution is 7.90. The van der Waals surface area contributed by atoms with Crippen molar-refractivity contribution in [1.82, 2.24) is 0 Å². The zero-order valence-corrected chi connectivity index (χ0v) is 9.36. The number of carboxylic acid groups (broad SMARTS) is 1. The molecule has 1 rings (SSSR count). The Kier molecular flexibility index (Phi) is 3.34. The monoisotopic (exact) mass is 241 g/mol. The molecule has 0 bridgehead atoms. The Morgan fingerprint density at radius 2 is 1.81 bits per heavy atom. The number of hydrogen-bond acceptors (Lipinski definition) is 4. The van der Waals surface area contributed by atoms with Crippen molar-refractivity contribution < 1.29 is 18.3 Å². The van der Waals surface area contributed by atoms with Gasteiger partial charge in [0.1, 0.15) is 5.70 Å². The number of carbonyl (C=O) groups is 1. The molecular weight excluding hydrogens is 230 g/mol. The Hall–Kier alpha value is -1.82. The lowest BCUT2D eigenvalue weighted by Crippen LogP contribution is -2.09. The third-order valence-electron chi connectivity index (χ3n) is 1.88. The maximum absolute atomic E-state index is 11.1. The van der Waals surface area contributed by atoms with Gasteiger partial charge in [-0.1, -0.05) is 12.1 Å². The van der Waals surface area contributed by atoms with E-state index in [0.29, 0.717) is 5.56 Å². The van der Waals surface area contributed by atoms with Crippen molar-refractivity contribution in [3.05, 3.63) is 35.5 Å². The molecule has 16 heavy (non-hydrogen) atoms. The molecule has 3 N–H and O–H groups in total. The minimum atomic E-state index is -3.23. The fraction of sp³-hybridized carbons (Fsp3) is 0.100. The highest BCUT2D eigenvalue weighted by Gasteiger charge is 2.06. The quantitative estimate of drug-likeness (QED) is 0.750. The fourth-order valence-corrected chi connectivity index (χ4v) is 1.68. The molecule has 0 spiro atoms. The topological polar surface area (TPSA) is 97.5 Å². The van der Waals surface area contributed by atoms with Gasteiger partial charge in [-0.05, 0) is 23.8 Å². The third kappa shape index (κ3) is 3.09. The van der Waals surface area contributed by atoms with Gasteiger partial charge in [0.05, 0.1) is 4.90 Å². The van der Waals surface area contributed by atoms with Gasteiger partial charge in [0.25, 0.3) is 0 Å². The van der Waals surface area contributed by atoms with Gasteiger partial charge in [0.15, 0.2) is 9.84 Å². The lowest BCUT2D eigenvalue weighted by molar-refractivity contribution is -0.132. The second-order valence-corrected chi connectivity index (χ2v) is 5.26. The molecule has 0 fully saturated rings. The number of hydrogen-bond donors (Lipinski definition) is 2. The van der Waals surface area contributed by atoms with E-state index in [1.54, 1.807) is 0 Å². The molecule has 0 amide bonds. The molecule has 0 atom stereocenters. The van der Waals surface area contributed by atoms with Crippen LogP contribution in [-0.2, 0) is 14.6 Å². The van der Waals surface area contributed by atoms with E-state index >= 15 is 0 Å². The summed E-state index contributed by atoms with van der Waals surface area (Å²) >= 11 is 0. The van der Waals surface area contributed by atoms with E-state index in [0.717, 1.165) is 6.26 Å². The van der Waals surface area contributed by atoms with E-state index in [4.69, 9.17) is 10.8 Å². The standard InChI is InChI=1S/C10H11NO4S/c1-16(14,15)8-4-2-7(3-5-8)6-9(11)10(12)13/h2-6H,11H2,1H3,(H,12,13). The van der Waals surface area contributed by atoms with Crippen molar-refractivity contribution in [1.29, 1.82) is 0 Å². The molecule has 5 nitrogen and oxygen atoms in total. The predicted molar refractivity (Wildman–Crippen MR) is 59.4 cm³/mol. The van der Waals surface area contributed by atoms with Gasteiger partial charge in [-0.3, -0.25) is 0 Å². The van der Waals surface area contributed by atoms with Gasteiger partial charge in [-0.2, -0.15) is 0 Å². The molecule has 86 valence electrons. The van der Waals surface area contributed by atoms with Crippen molar-refractivity contribution in [2.75, 3.05) is 6.26 Å². The van der Waals surface area contributed by atoms with E-state index in [2.05, 4.69) is 0 Å². The number of rotatable bonds is 3. The van der Waals surface area contributed by atoms with Crippen LogP contribution in [0.1, 0.15) is 5.56 Å². The molecule has 6 heteroatoms. The normalized spacial score (nSPS) is 12.4. The molecule has 1 aromatic carbocycles. The van der Waals surface area contributed by atoms with E-state index in [1.807, 2.05) is 0 Å². The summed E-state index contributed by atoms with van der Waals surface area (Å²) in [4.78, 5) is 10.6. The SMILES string of the molecule is CS(=O)(=O)c1ccc(C=C(N)C(=O)O)cc1. The first kappa shape index (κ1) is 12.3. The number of carboxylic acids is 1. The minimum absolute atomic E-state index is 0.179. The molecule has 0 aliphatic heterocycles. The zero-order chi connectivity index (χ0) is 12.3. The van der Waals surface area contributed by atoms with Crippen molar-refractivity contribution in [2.24, 2.45) is 5.73 Å². The Bertz CT molecular complexity index is 528. The third-order valence-corrected chi connectivity index (χ3v) is 3.01. The second-order valence-electron chi connectivity index (χ2n) is 3.25. The van der Waals surface area contributed by atoms with Gasteiger partial charge in [0, 0.05) is 6.26 Å². The number of sulfone groups is 1. The van der Waals surface area contributed by atoms with E-state index in [9.17, 15) is 13.2 Å². The van der Waals surface area contributed by atoms with Gasteiger partial charge < -0.3 is 10.8 Å². The maximum Gasteiger partial charge on any atom is 0.351 e. The lowest BCUT2D eigenvalue weighted by atomic mass is 10.2. The van der Waals surface area contributed by atoms with Crippen molar-refractivity contribution >= 4 is 21.9 Å². The molecule has 0 unspecified atom stereocenters. The minimum Gasteiger partial charge on any atom is -0.477 e. The van der Waals surface area contributed by atoms with Crippen LogP contribution in [0.15, 0.2) is 34.9 Å². The average molecular weight is 241 g/mol. The first-order valence-electron chi connectivity index (χ1n) is 4.31. The molecule has 0 aliphatic carbocycles. The number of nitrogens with two attached hydrogens (primary N) is 1. The molecule has 0 aromatic heterocycles. The van der Waals surface area contributed by atoms with Crippen LogP contribution in [0.2, 0.25) is 0 Å². The summed E-state index contributed by atoms with van der Waals surface area (Å²) in [5, 5.41) is 8.54. The fourth-order valence-electron chi connectivity index (χ4n) is 1.05. The van der Waals surface area contributed by atoms with Gasteiger partial charge in [0.2, 0.25) is 0 Å². The van der Waals surface area contributed by atoms with E-state index in [-0.39, 0.29) is 10.6 Å². The van der Waals surface area contributed by atoms with Gasteiger partial charge in [-0.25, -0.2) is 13.2 Å². The molecule has 0 saturated carbocycles. The molecular formula is C10H11NO4S.